The summed E-state index contributed by atoms with van der Waals surface area (Å²) in [5, 5.41) is 3.38. The maximum absolute atomic E-state index is 4.06. The molecule has 2 heterocycles. The van der Waals surface area contributed by atoms with E-state index in [2.05, 4.69) is 30.2 Å². The minimum absolute atomic E-state index is 0.550. The van der Waals surface area contributed by atoms with E-state index in [4.69, 9.17) is 0 Å². The van der Waals surface area contributed by atoms with Crippen LogP contribution in [0.15, 0.2) is 18.5 Å². The third kappa shape index (κ3) is 0.897. The van der Waals surface area contributed by atoms with Crippen molar-refractivity contribution in [2.45, 2.75) is 25.8 Å². The Morgan fingerprint density at radius 1 is 1.45 bits per heavy atom. The van der Waals surface area contributed by atoms with Gasteiger partial charge in [-0.25, -0.2) is 0 Å². The van der Waals surface area contributed by atoms with Crippen molar-refractivity contribution in [3.63, 3.8) is 0 Å². The largest absolute Gasteiger partial charge is 0.381 e. The number of aromatic nitrogens is 1. The van der Waals surface area contributed by atoms with Gasteiger partial charge in [0.05, 0.1) is 11.9 Å². The highest BCUT2D eigenvalue weighted by molar-refractivity contribution is 5.56. The van der Waals surface area contributed by atoms with Gasteiger partial charge in [-0.3, -0.25) is 4.98 Å². The van der Waals surface area contributed by atoms with Crippen LogP contribution in [0, 0.1) is 0 Å². The van der Waals surface area contributed by atoms with E-state index in [9.17, 15) is 0 Å². The Hall–Kier alpha value is -1.05. The average Bonchev–Trinajstić information content (AvgIpc) is 2.30. The van der Waals surface area contributed by atoms with Gasteiger partial charge in [-0.1, -0.05) is 6.92 Å². The summed E-state index contributed by atoms with van der Waals surface area (Å²) in [7, 11) is 0. The van der Waals surface area contributed by atoms with E-state index in [1.54, 1.807) is 0 Å². The number of anilines is 1. The molecule has 2 rings (SSSR count). The molecule has 0 bridgehead atoms. The standard InChI is InChI=1S/C9H12N2/c1-6-7(2)11-9-5-10-4-3-8(6)9/h3-7,11H,1-2H3. The van der Waals surface area contributed by atoms with Crippen molar-refractivity contribution in [1.82, 2.24) is 4.98 Å². The second kappa shape index (κ2) is 2.22. The van der Waals surface area contributed by atoms with Crippen LogP contribution < -0.4 is 5.32 Å². The summed E-state index contributed by atoms with van der Waals surface area (Å²) in [6.45, 7) is 4.44. The summed E-state index contributed by atoms with van der Waals surface area (Å²) in [5.41, 5.74) is 2.60. The lowest BCUT2D eigenvalue weighted by Crippen LogP contribution is -2.12. The van der Waals surface area contributed by atoms with Crippen LogP contribution in [0.1, 0.15) is 25.3 Å². The number of hydrogen-bond donors (Lipinski definition) is 1. The van der Waals surface area contributed by atoms with E-state index >= 15 is 0 Å². The molecule has 0 aromatic carbocycles. The maximum atomic E-state index is 4.06. The van der Waals surface area contributed by atoms with Crippen molar-refractivity contribution in [1.29, 1.82) is 0 Å². The number of nitrogens with one attached hydrogen (secondary N) is 1. The fourth-order valence-electron chi connectivity index (χ4n) is 1.56. The fourth-order valence-corrected chi connectivity index (χ4v) is 1.56. The molecular formula is C9H12N2. The molecule has 0 radical (unpaired) electrons. The quantitative estimate of drug-likeness (QED) is 0.608. The molecule has 2 unspecified atom stereocenters. The lowest BCUT2D eigenvalue weighted by molar-refractivity contribution is 0.690. The maximum Gasteiger partial charge on any atom is 0.0565 e. The van der Waals surface area contributed by atoms with Gasteiger partial charge in [0.25, 0.3) is 0 Å². The first-order chi connectivity index (χ1) is 5.29. The van der Waals surface area contributed by atoms with Gasteiger partial charge in [-0.2, -0.15) is 0 Å². The molecule has 0 saturated carbocycles. The SMILES string of the molecule is CC1Nc2cnccc2C1C. The van der Waals surface area contributed by atoms with Crippen LogP contribution in [0.2, 0.25) is 0 Å². The molecule has 2 heteroatoms. The molecule has 2 atom stereocenters. The highest BCUT2D eigenvalue weighted by Crippen LogP contribution is 2.33. The molecule has 0 saturated heterocycles. The second-order valence-corrected chi connectivity index (χ2v) is 3.18. The highest BCUT2D eigenvalue weighted by atomic mass is 15.0. The fraction of sp³-hybridized carbons (Fsp3) is 0.444. The Labute approximate surface area is 66.7 Å². The molecule has 1 aromatic heterocycles. The van der Waals surface area contributed by atoms with E-state index in [0.29, 0.717) is 12.0 Å². The van der Waals surface area contributed by atoms with Crippen molar-refractivity contribution < 1.29 is 0 Å². The average molecular weight is 148 g/mol. The van der Waals surface area contributed by atoms with Crippen LogP contribution in [-0.2, 0) is 0 Å². The zero-order valence-electron chi connectivity index (χ0n) is 6.83. The van der Waals surface area contributed by atoms with Crippen molar-refractivity contribution in [3.05, 3.63) is 24.0 Å². The molecule has 1 aliphatic rings. The molecular weight excluding hydrogens is 136 g/mol. The molecule has 0 aliphatic carbocycles. The van der Waals surface area contributed by atoms with E-state index in [1.165, 1.54) is 11.3 Å². The summed E-state index contributed by atoms with van der Waals surface area (Å²) in [5.74, 6) is 0.619. The summed E-state index contributed by atoms with van der Waals surface area (Å²) in [4.78, 5) is 4.06. The van der Waals surface area contributed by atoms with Crippen molar-refractivity contribution in [3.8, 4) is 0 Å². The Balaban J connectivity index is 2.47. The summed E-state index contributed by atoms with van der Waals surface area (Å²) >= 11 is 0. The minimum Gasteiger partial charge on any atom is -0.381 e. The zero-order valence-corrected chi connectivity index (χ0v) is 6.83. The first-order valence-electron chi connectivity index (χ1n) is 3.99. The molecule has 1 aromatic rings. The molecule has 1 N–H and O–H groups in total. The first-order valence-corrected chi connectivity index (χ1v) is 3.99. The summed E-state index contributed by atoms with van der Waals surface area (Å²) in [6, 6.07) is 2.64. The highest BCUT2D eigenvalue weighted by Gasteiger charge is 2.24. The topological polar surface area (TPSA) is 24.9 Å². The first kappa shape index (κ1) is 6.65. The minimum atomic E-state index is 0.550. The Morgan fingerprint density at radius 2 is 2.27 bits per heavy atom. The molecule has 11 heavy (non-hydrogen) atoms. The van der Waals surface area contributed by atoms with Crippen molar-refractivity contribution in [2.24, 2.45) is 0 Å². The van der Waals surface area contributed by atoms with Gasteiger partial charge in [-0.05, 0) is 18.6 Å². The Morgan fingerprint density at radius 3 is 3.00 bits per heavy atom. The third-order valence-corrected chi connectivity index (χ3v) is 2.48. The predicted octanol–water partition coefficient (Wildman–Crippen LogP) is 2.00. The molecule has 58 valence electrons. The molecule has 2 nitrogen and oxygen atoms in total. The number of fused-ring (bicyclic) bond motifs is 1. The molecule has 0 amide bonds. The van der Waals surface area contributed by atoms with E-state index < -0.39 is 0 Å². The van der Waals surface area contributed by atoms with E-state index in [0.717, 1.165) is 0 Å². The van der Waals surface area contributed by atoms with Crippen LogP contribution in [0.25, 0.3) is 0 Å². The van der Waals surface area contributed by atoms with Crippen molar-refractivity contribution >= 4 is 5.69 Å². The van der Waals surface area contributed by atoms with Gasteiger partial charge in [0.15, 0.2) is 0 Å². The zero-order chi connectivity index (χ0) is 7.84. The van der Waals surface area contributed by atoms with Crippen LogP contribution in [0.4, 0.5) is 5.69 Å². The van der Waals surface area contributed by atoms with Crippen LogP contribution in [-0.4, -0.2) is 11.0 Å². The number of hydrogen-bond acceptors (Lipinski definition) is 2. The number of nitrogens with zero attached hydrogens (tertiary/aromatic N) is 1. The van der Waals surface area contributed by atoms with E-state index in [-0.39, 0.29) is 0 Å². The lowest BCUT2D eigenvalue weighted by Gasteiger charge is -2.08. The van der Waals surface area contributed by atoms with Crippen LogP contribution >= 0.6 is 0 Å². The van der Waals surface area contributed by atoms with Gasteiger partial charge in [-0.15, -0.1) is 0 Å². The molecule has 0 fully saturated rings. The molecule has 0 spiro atoms. The van der Waals surface area contributed by atoms with Crippen molar-refractivity contribution in [2.75, 3.05) is 5.32 Å². The second-order valence-electron chi connectivity index (χ2n) is 3.18. The smallest absolute Gasteiger partial charge is 0.0565 e. The Bertz CT molecular complexity index is 270. The number of pyridine rings is 1. The third-order valence-electron chi connectivity index (χ3n) is 2.48. The summed E-state index contributed by atoms with van der Waals surface area (Å²) in [6.07, 6.45) is 3.75. The predicted molar refractivity (Wildman–Crippen MR) is 45.7 cm³/mol. The number of rotatable bonds is 0. The Kier molecular flexibility index (Phi) is 1.34. The van der Waals surface area contributed by atoms with Crippen LogP contribution in [0.5, 0.6) is 0 Å². The van der Waals surface area contributed by atoms with Gasteiger partial charge in [0, 0.05) is 18.2 Å². The normalized spacial score (nSPS) is 27.8. The lowest BCUT2D eigenvalue weighted by atomic mass is 10.00. The van der Waals surface area contributed by atoms with Gasteiger partial charge in [0.1, 0.15) is 0 Å². The molecule has 1 aliphatic heterocycles. The van der Waals surface area contributed by atoms with Crippen LogP contribution in [0.3, 0.4) is 0 Å². The van der Waals surface area contributed by atoms with Gasteiger partial charge >= 0.3 is 0 Å². The van der Waals surface area contributed by atoms with E-state index in [1.807, 2.05) is 12.4 Å². The van der Waals surface area contributed by atoms with Gasteiger partial charge in [0.2, 0.25) is 0 Å². The monoisotopic (exact) mass is 148 g/mol. The summed E-state index contributed by atoms with van der Waals surface area (Å²) < 4.78 is 0. The van der Waals surface area contributed by atoms with Gasteiger partial charge < -0.3 is 5.32 Å².